The van der Waals surface area contributed by atoms with Gasteiger partial charge in [-0.05, 0) is 18.6 Å². The van der Waals surface area contributed by atoms with Crippen molar-refractivity contribution in [3.05, 3.63) is 72.1 Å². The third-order valence-electron chi connectivity index (χ3n) is 4.43. The van der Waals surface area contributed by atoms with Crippen LogP contribution in [0.15, 0.2) is 55.1 Å². The fourth-order valence-electron chi connectivity index (χ4n) is 3.25. The number of aryl methyl sites for hydroxylation is 1. The second kappa shape index (κ2) is 6.53. The molecule has 0 amide bonds. The molecule has 0 aliphatic carbocycles. The second-order valence-corrected chi connectivity index (χ2v) is 6.07. The summed E-state index contributed by atoms with van der Waals surface area (Å²) in [6, 6.07) is 7.28. The molecule has 3 aromatic heterocycles. The number of benzene rings is 1. The smallest absolute Gasteiger partial charge is 0.325 e. The van der Waals surface area contributed by atoms with Gasteiger partial charge in [0.15, 0.2) is 0 Å². The first-order valence-corrected chi connectivity index (χ1v) is 8.47. The van der Waals surface area contributed by atoms with Crippen molar-refractivity contribution in [1.82, 2.24) is 23.9 Å². The average molecular weight is 371 g/mol. The van der Waals surface area contributed by atoms with E-state index >= 15 is 0 Å². The maximum absolute atomic E-state index is 13.4. The first-order valence-electron chi connectivity index (χ1n) is 8.47. The van der Waals surface area contributed by atoms with E-state index in [1.54, 1.807) is 23.0 Å². The first-order chi connectivity index (χ1) is 13.0. The molecule has 8 heteroatoms. The quantitative estimate of drug-likeness (QED) is 0.540. The Kier molecular flexibility index (Phi) is 4.18. The van der Waals surface area contributed by atoms with E-state index in [1.807, 2.05) is 23.6 Å². The van der Waals surface area contributed by atoms with Gasteiger partial charge in [0.2, 0.25) is 5.78 Å². The largest absolute Gasteiger partial charge is 0.417 e. The van der Waals surface area contributed by atoms with E-state index in [0.29, 0.717) is 12.3 Å². The van der Waals surface area contributed by atoms with E-state index in [1.165, 1.54) is 18.3 Å². The van der Waals surface area contributed by atoms with Crippen molar-refractivity contribution in [1.29, 1.82) is 0 Å². The molecule has 0 aliphatic heterocycles. The summed E-state index contributed by atoms with van der Waals surface area (Å²) < 4.78 is 43.8. The molecule has 0 radical (unpaired) electrons. The maximum atomic E-state index is 13.4. The molecule has 4 rings (SSSR count). The normalized spacial score (nSPS) is 12.0. The summed E-state index contributed by atoms with van der Waals surface area (Å²) in [5.41, 5.74) is 1.08. The summed E-state index contributed by atoms with van der Waals surface area (Å²) in [5.74, 6) is 0.830. The number of alkyl halides is 3. The highest BCUT2D eigenvalue weighted by atomic mass is 19.4. The van der Waals surface area contributed by atoms with Gasteiger partial charge >= 0.3 is 6.18 Å². The Balaban J connectivity index is 1.79. The van der Waals surface area contributed by atoms with Crippen LogP contribution in [0.1, 0.15) is 23.9 Å². The zero-order valence-electron chi connectivity index (χ0n) is 14.5. The van der Waals surface area contributed by atoms with Crippen LogP contribution in [0.4, 0.5) is 13.2 Å². The van der Waals surface area contributed by atoms with E-state index in [-0.39, 0.29) is 11.4 Å². The second-order valence-electron chi connectivity index (χ2n) is 6.07. The number of rotatable bonds is 4. The summed E-state index contributed by atoms with van der Waals surface area (Å²) in [7, 11) is 0. The zero-order valence-corrected chi connectivity index (χ0v) is 14.5. The van der Waals surface area contributed by atoms with Crippen LogP contribution in [-0.2, 0) is 19.1 Å². The fourth-order valence-corrected chi connectivity index (χ4v) is 3.25. The van der Waals surface area contributed by atoms with Crippen LogP contribution in [0, 0.1) is 0 Å². The van der Waals surface area contributed by atoms with E-state index in [9.17, 15) is 13.2 Å². The van der Waals surface area contributed by atoms with Crippen LogP contribution in [0.2, 0.25) is 0 Å². The molecule has 0 N–H and O–H groups in total. The van der Waals surface area contributed by atoms with E-state index in [2.05, 4.69) is 15.0 Å². The Hall–Kier alpha value is -3.16. The molecular formula is C19H16F3N5. The molecule has 27 heavy (non-hydrogen) atoms. The SMILES string of the molecule is CCc1c(Cn2ccnc2-c2ccccc2C(F)(F)F)nc2ncccn12. The molecule has 0 atom stereocenters. The van der Waals surface area contributed by atoms with Crippen LogP contribution in [0.3, 0.4) is 0 Å². The summed E-state index contributed by atoms with van der Waals surface area (Å²) >= 11 is 0. The Labute approximate surface area is 153 Å². The lowest BCUT2D eigenvalue weighted by Crippen LogP contribution is -2.10. The number of hydrogen-bond donors (Lipinski definition) is 0. The molecule has 0 saturated carbocycles. The van der Waals surface area contributed by atoms with Crippen molar-refractivity contribution in [3.63, 3.8) is 0 Å². The highest BCUT2D eigenvalue weighted by Crippen LogP contribution is 2.36. The molecule has 0 bridgehead atoms. The number of halogens is 3. The van der Waals surface area contributed by atoms with E-state index in [0.717, 1.165) is 23.9 Å². The molecule has 5 nitrogen and oxygen atoms in total. The van der Waals surface area contributed by atoms with Crippen LogP contribution in [0.5, 0.6) is 0 Å². The highest BCUT2D eigenvalue weighted by molar-refractivity contribution is 5.62. The third kappa shape index (κ3) is 3.07. The van der Waals surface area contributed by atoms with Gasteiger partial charge in [-0.3, -0.25) is 4.40 Å². The van der Waals surface area contributed by atoms with Gasteiger partial charge in [0, 0.05) is 36.0 Å². The van der Waals surface area contributed by atoms with Gasteiger partial charge < -0.3 is 4.57 Å². The highest BCUT2D eigenvalue weighted by Gasteiger charge is 2.34. The lowest BCUT2D eigenvalue weighted by Gasteiger charge is -2.14. The first kappa shape index (κ1) is 17.3. The maximum Gasteiger partial charge on any atom is 0.417 e. The van der Waals surface area contributed by atoms with E-state index < -0.39 is 11.7 Å². The van der Waals surface area contributed by atoms with Gasteiger partial charge in [-0.25, -0.2) is 15.0 Å². The molecule has 0 saturated heterocycles. The van der Waals surface area contributed by atoms with Crippen molar-refractivity contribution in [2.24, 2.45) is 0 Å². The third-order valence-corrected chi connectivity index (χ3v) is 4.43. The number of imidazole rings is 2. The minimum Gasteiger partial charge on any atom is -0.325 e. The average Bonchev–Trinajstić information content (AvgIpc) is 3.25. The summed E-state index contributed by atoms with van der Waals surface area (Å²) in [6.45, 7) is 2.32. The summed E-state index contributed by atoms with van der Waals surface area (Å²) in [5, 5.41) is 0. The minimum absolute atomic E-state index is 0.0509. The molecule has 0 fully saturated rings. The Morgan fingerprint density at radius 2 is 1.81 bits per heavy atom. The molecule has 138 valence electrons. The Morgan fingerprint density at radius 1 is 1.00 bits per heavy atom. The summed E-state index contributed by atoms with van der Waals surface area (Å²) in [6.07, 6.45) is 2.99. The van der Waals surface area contributed by atoms with Crippen molar-refractivity contribution >= 4 is 5.78 Å². The van der Waals surface area contributed by atoms with Gasteiger partial charge in [-0.2, -0.15) is 13.2 Å². The predicted molar refractivity (Wildman–Crippen MR) is 94.1 cm³/mol. The van der Waals surface area contributed by atoms with Crippen LogP contribution in [0.25, 0.3) is 17.2 Å². The van der Waals surface area contributed by atoms with Gasteiger partial charge in [0.1, 0.15) is 5.82 Å². The molecule has 0 spiro atoms. The lowest BCUT2D eigenvalue weighted by atomic mass is 10.1. The molecule has 4 aromatic rings. The zero-order chi connectivity index (χ0) is 19.0. The van der Waals surface area contributed by atoms with Crippen LogP contribution < -0.4 is 0 Å². The number of fused-ring (bicyclic) bond motifs is 1. The van der Waals surface area contributed by atoms with Gasteiger partial charge in [-0.1, -0.05) is 25.1 Å². The number of hydrogen-bond acceptors (Lipinski definition) is 3. The number of aromatic nitrogens is 5. The van der Waals surface area contributed by atoms with Crippen molar-refractivity contribution in [2.75, 3.05) is 0 Å². The molecule has 1 aromatic carbocycles. The van der Waals surface area contributed by atoms with Crippen molar-refractivity contribution in [3.8, 4) is 11.4 Å². The van der Waals surface area contributed by atoms with Crippen molar-refractivity contribution in [2.45, 2.75) is 26.1 Å². The minimum atomic E-state index is -4.45. The van der Waals surface area contributed by atoms with Crippen LogP contribution >= 0.6 is 0 Å². The van der Waals surface area contributed by atoms with Gasteiger partial charge in [0.25, 0.3) is 0 Å². The lowest BCUT2D eigenvalue weighted by molar-refractivity contribution is -0.137. The van der Waals surface area contributed by atoms with Gasteiger partial charge in [0.05, 0.1) is 17.8 Å². The fraction of sp³-hybridized carbons (Fsp3) is 0.211. The standard InChI is InChI=1S/C19H16F3N5/c1-2-16-15(25-18-24-8-5-10-27(16)18)12-26-11-9-23-17(26)13-6-3-4-7-14(13)19(20,21)22/h3-11H,2,12H2,1H3. The molecule has 3 heterocycles. The summed E-state index contributed by atoms with van der Waals surface area (Å²) in [4.78, 5) is 13.0. The van der Waals surface area contributed by atoms with Crippen LogP contribution in [-0.4, -0.2) is 23.9 Å². The Morgan fingerprint density at radius 3 is 2.59 bits per heavy atom. The van der Waals surface area contributed by atoms with Gasteiger partial charge in [-0.15, -0.1) is 0 Å². The molecular weight excluding hydrogens is 355 g/mol. The van der Waals surface area contributed by atoms with Crippen molar-refractivity contribution < 1.29 is 13.2 Å². The molecule has 0 aliphatic rings. The topological polar surface area (TPSA) is 48.0 Å². The number of nitrogens with zero attached hydrogens (tertiary/aromatic N) is 5. The monoisotopic (exact) mass is 371 g/mol. The molecule has 0 unspecified atom stereocenters. The predicted octanol–water partition coefficient (Wildman–Crippen LogP) is 4.22. The van der Waals surface area contributed by atoms with E-state index in [4.69, 9.17) is 0 Å². The Bertz CT molecular complexity index is 1090.